The number of H-pyrrole nitrogens is 2. The first kappa shape index (κ1) is 28.4. The highest BCUT2D eigenvalue weighted by molar-refractivity contribution is 6.04. The first-order valence-electron chi connectivity index (χ1n) is 14.7. The molecule has 0 radical (unpaired) electrons. The fraction of sp³-hybridized carbons (Fsp3) is 0.581. The Morgan fingerprint density at radius 2 is 2.00 bits per heavy atom. The lowest BCUT2D eigenvalue weighted by atomic mass is 9.75. The van der Waals surface area contributed by atoms with E-state index in [9.17, 15) is 9.59 Å². The Labute approximate surface area is 236 Å². The molecule has 40 heavy (non-hydrogen) atoms. The van der Waals surface area contributed by atoms with Gasteiger partial charge >= 0.3 is 0 Å². The van der Waals surface area contributed by atoms with Crippen LogP contribution in [0.2, 0.25) is 0 Å². The van der Waals surface area contributed by atoms with E-state index in [-0.39, 0.29) is 23.1 Å². The van der Waals surface area contributed by atoms with E-state index in [1.807, 2.05) is 25.1 Å². The number of imidazole rings is 1. The van der Waals surface area contributed by atoms with Crippen molar-refractivity contribution in [3.8, 4) is 5.75 Å². The van der Waals surface area contributed by atoms with Gasteiger partial charge in [0.25, 0.3) is 5.91 Å². The van der Waals surface area contributed by atoms with E-state index in [0.29, 0.717) is 24.3 Å². The SMILES string of the molecule is CCCCC(NC(=O)c1[nH]c2c(c1C)C(=O)CC(C)(C)C2)c1nc2ccc(OCCCN3CCOCC3)cc2[nH]1. The van der Waals surface area contributed by atoms with Crippen LogP contribution in [0.5, 0.6) is 5.75 Å². The number of rotatable bonds is 11. The number of aromatic amines is 2. The predicted molar refractivity (Wildman–Crippen MR) is 155 cm³/mol. The summed E-state index contributed by atoms with van der Waals surface area (Å²) in [4.78, 5) is 40.3. The van der Waals surface area contributed by atoms with Crippen molar-refractivity contribution in [3.05, 3.63) is 46.5 Å². The van der Waals surface area contributed by atoms with Gasteiger partial charge in [-0.25, -0.2) is 4.98 Å². The van der Waals surface area contributed by atoms with Gasteiger partial charge in [-0.1, -0.05) is 33.6 Å². The summed E-state index contributed by atoms with van der Waals surface area (Å²) in [6.45, 7) is 13.4. The normalized spacial score (nSPS) is 18.1. The lowest BCUT2D eigenvalue weighted by Gasteiger charge is -2.28. The Morgan fingerprint density at radius 1 is 1.20 bits per heavy atom. The van der Waals surface area contributed by atoms with Gasteiger partial charge in [-0.2, -0.15) is 0 Å². The monoisotopic (exact) mass is 549 g/mol. The standard InChI is InChI=1S/C31H43N5O4/c1-5-6-8-23(35-30(38)28-20(2)27-25(32-28)18-31(3,4)19-26(27)37)29-33-22-10-9-21(17-24(22)34-29)40-14-7-11-36-12-15-39-16-13-36/h9-10,17,23,32H,5-8,11-16,18-19H2,1-4H3,(H,33,34)(H,35,38). The molecule has 3 N–H and O–H groups in total. The van der Waals surface area contributed by atoms with Crippen molar-refractivity contribution in [2.75, 3.05) is 39.5 Å². The number of morpholine rings is 1. The molecule has 0 saturated carbocycles. The topological polar surface area (TPSA) is 112 Å². The van der Waals surface area contributed by atoms with Crippen LogP contribution in [0.1, 0.15) is 96.8 Å². The van der Waals surface area contributed by atoms with Crippen LogP contribution in [-0.2, 0) is 11.2 Å². The van der Waals surface area contributed by atoms with E-state index >= 15 is 0 Å². The number of unbranched alkanes of at least 4 members (excludes halogenated alkanes) is 1. The molecule has 2 aromatic heterocycles. The summed E-state index contributed by atoms with van der Waals surface area (Å²) in [5.41, 5.74) is 4.38. The average Bonchev–Trinajstić information content (AvgIpc) is 3.49. The van der Waals surface area contributed by atoms with Crippen LogP contribution in [0, 0.1) is 12.3 Å². The molecule has 5 rings (SSSR count). The minimum absolute atomic E-state index is 0.109. The Morgan fingerprint density at radius 3 is 2.77 bits per heavy atom. The maximum absolute atomic E-state index is 13.5. The molecular formula is C31H43N5O4. The number of Topliss-reactive ketones (excluding diaryl/α,β-unsaturated/α-hetero) is 1. The number of nitrogens with zero attached hydrogens (tertiary/aromatic N) is 2. The van der Waals surface area contributed by atoms with Crippen molar-refractivity contribution in [2.45, 2.75) is 72.3 Å². The second-order valence-corrected chi connectivity index (χ2v) is 12.0. The molecule has 3 heterocycles. The summed E-state index contributed by atoms with van der Waals surface area (Å²) in [5, 5.41) is 3.20. The second kappa shape index (κ2) is 12.1. The summed E-state index contributed by atoms with van der Waals surface area (Å²) >= 11 is 0. The number of carbonyl (C=O) groups excluding carboxylic acids is 2. The maximum atomic E-state index is 13.5. The highest BCUT2D eigenvalue weighted by Gasteiger charge is 2.35. The van der Waals surface area contributed by atoms with Crippen LogP contribution in [0.25, 0.3) is 11.0 Å². The number of ether oxygens (including phenoxy) is 2. The molecule has 1 aromatic carbocycles. The van der Waals surface area contributed by atoms with Crippen molar-refractivity contribution in [1.29, 1.82) is 0 Å². The van der Waals surface area contributed by atoms with Gasteiger partial charge in [0.2, 0.25) is 0 Å². The van der Waals surface area contributed by atoms with E-state index in [1.165, 1.54) is 0 Å². The van der Waals surface area contributed by atoms with Gasteiger partial charge in [-0.3, -0.25) is 14.5 Å². The summed E-state index contributed by atoms with van der Waals surface area (Å²) in [6.07, 6.45) is 4.93. The number of hydrogen-bond acceptors (Lipinski definition) is 6. The number of hydrogen-bond donors (Lipinski definition) is 3. The quantitative estimate of drug-likeness (QED) is 0.286. The Kier molecular flexibility index (Phi) is 8.61. The zero-order valence-electron chi connectivity index (χ0n) is 24.3. The smallest absolute Gasteiger partial charge is 0.268 e. The average molecular weight is 550 g/mol. The molecular weight excluding hydrogens is 506 g/mol. The molecule has 1 aliphatic carbocycles. The van der Waals surface area contributed by atoms with Crippen molar-refractivity contribution in [2.24, 2.45) is 5.41 Å². The molecule has 216 valence electrons. The summed E-state index contributed by atoms with van der Waals surface area (Å²) in [6, 6.07) is 5.62. The number of benzene rings is 1. The van der Waals surface area contributed by atoms with E-state index in [4.69, 9.17) is 14.5 Å². The molecule has 0 spiro atoms. The summed E-state index contributed by atoms with van der Waals surface area (Å²) < 4.78 is 11.4. The van der Waals surface area contributed by atoms with Gasteiger partial charge in [0.1, 0.15) is 17.3 Å². The van der Waals surface area contributed by atoms with Crippen molar-refractivity contribution < 1.29 is 19.1 Å². The third kappa shape index (κ3) is 6.41. The van der Waals surface area contributed by atoms with Crippen molar-refractivity contribution in [1.82, 2.24) is 25.2 Å². The van der Waals surface area contributed by atoms with E-state index in [0.717, 1.165) is 98.8 Å². The number of carbonyl (C=O) groups is 2. The second-order valence-electron chi connectivity index (χ2n) is 12.0. The molecule has 2 aliphatic rings. The lowest BCUT2D eigenvalue weighted by Crippen LogP contribution is -2.37. The molecule has 9 heteroatoms. The molecule has 1 aliphatic heterocycles. The lowest BCUT2D eigenvalue weighted by molar-refractivity contribution is 0.0358. The molecule has 3 aromatic rings. The number of ketones is 1. The van der Waals surface area contributed by atoms with Crippen LogP contribution in [0.4, 0.5) is 0 Å². The fourth-order valence-electron chi connectivity index (χ4n) is 5.94. The van der Waals surface area contributed by atoms with E-state index in [2.05, 4.69) is 41.0 Å². The van der Waals surface area contributed by atoms with Crippen LogP contribution in [-0.4, -0.2) is 71.0 Å². The molecule has 1 unspecified atom stereocenters. The van der Waals surface area contributed by atoms with Gasteiger partial charge in [0.15, 0.2) is 5.78 Å². The minimum atomic E-state index is -0.274. The zero-order chi connectivity index (χ0) is 28.3. The number of fused-ring (bicyclic) bond motifs is 2. The molecule has 1 amide bonds. The molecule has 1 saturated heterocycles. The minimum Gasteiger partial charge on any atom is -0.493 e. The third-order valence-electron chi connectivity index (χ3n) is 8.07. The number of nitrogens with one attached hydrogen (secondary N) is 3. The van der Waals surface area contributed by atoms with Crippen molar-refractivity contribution >= 4 is 22.7 Å². The molecule has 1 fully saturated rings. The summed E-state index contributed by atoms with van der Waals surface area (Å²) in [7, 11) is 0. The van der Waals surface area contributed by atoms with Crippen LogP contribution in [0.15, 0.2) is 18.2 Å². The van der Waals surface area contributed by atoms with Gasteiger partial charge < -0.3 is 24.8 Å². The molecule has 1 atom stereocenters. The highest BCUT2D eigenvalue weighted by Crippen LogP contribution is 2.37. The van der Waals surface area contributed by atoms with E-state index in [1.54, 1.807) is 0 Å². The van der Waals surface area contributed by atoms with Gasteiger partial charge in [0, 0.05) is 43.4 Å². The fourth-order valence-corrected chi connectivity index (χ4v) is 5.94. The van der Waals surface area contributed by atoms with Gasteiger partial charge in [-0.15, -0.1) is 0 Å². The molecule has 0 bridgehead atoms. The van der Waals surface area contributed by atoms with Crippen LogP contribution in [0.3, 0.4) is 0 Å². The van der Waals surface area contributed by atoms with Crippen LogP contribution < -0.4 is 10.1 Å². The summed E-state index contributed by atoms with van der Waals surface area (Å²) in [5.74, 6) is 1.44. The first-order valence-corrected chi connectivity index (χ1v) is 14.7. The predicted octanol–water partition coefficient (Wildman–Crippen LogP) is 5.12. The van der Waals surface area contributed by atoms with Gasteiger partial charge in [0.05, 0.1) is 36.9 Å². The van der Waals surface area contributed by atoms with Gasteiger partial charge in [-0.05, 0) is 49.3 Å². The molecule has 9 nitrogen and oxygen atoms in total. The number of aromatic nitrogens is 3. The largest absolute Gasteiger partial charge is 0.493 e. The highest BCUT2D eigenvalue weighted by atomic mass is 16.5. The Balaban J connectivity index is 1.27. The zero-order valence-corrected chi connectivity index (χ0v) is 24.3. The first-order chi connectivity index (χ1) is 19.2. The van der Waals surface area contributed by atoms with E-state index < -0.39 is 0 Å². The maximum Gasteiger partial charge on any atom is 0.268 e. The van der Waals surface area contributed by atoms with Crippen LogP contribution >= 0.6 is 0 Å². The van der Waals surface area contributed by atoms with Crippen molar-refractivity contribution in [3.63, 3.8) is 0 Å². The third-order valence-corrected chi connectivity index (χ3v) is 8.07. The Hall–Kier alpha value is -3.17. The Bertz CT molecular complexity index is 1350. The number of amides is 1.